The van der Waals surface area contributed by atoms with Gasteiger partial charge in [-0.15, -0.1) is 0 Å². The molecule has 0 aliphatic carbocycles. The van der Waals surface area contributed by atoms with E-state index in [1.807, 2.05) is 24.3 Å². The van der Waals surface area contributed by atoms with E-state index in [0.717, 1.165) is 24.5 Å². The van der Waals surface area contributed by atoms with Crippen molar-refractivity contribution in [3.63, 3.8) is 0 Å². The maximum Gasteiger partial charge on any atom is 0.119 e. The van der Waals surface area contributed by atoms with Crippen molar-refractivity contribution >= 4 is 5.69 Å². The molecular weight excluding hydrogens is 210 g/mol. The summed E-state index contributed by atoms with van der Waals surface area (Å²) < 4.78 is 5.69. The number of nitrogens with two attached hydrogens (primary N) is 1. The molecule has 0 saturated heterocycles. The molecule has 2 nitrogen and oxygen atoms in total. The molecule has 17 heavy (non-hydrogen) atoms. The molecule has 0 heterocycles. The molecule has 1 atom stereocenters. The van der Waals surface area contributed by atoms with Crippen molar-refractivity contribution in [1.29, 1.82) is 0 Å². The van der Waals surface area contributed by atoms with Gasteiger partial charge in [-0.2, -0.15) is 0 Å². The predicted octanol–water partition coefficient (Wildman–Crippen LogP) is 4.11. The highest BCUT2D eigenvalue weighted by Gasteiger charge is 2.14. The lowest BCUT2D eigenvalue weighted by Gasteiger charge is -2.23. The van der Waals surface area contributed by atoms with Crippen LogP contribution in [0, 0.1) is 11.3 Å². The van der Waals surface area contributed by atoms with Gasteiger partial charge in [0, 0.05) is 5.69 Å². The summed E-state index contributed by atoms with van der Waals surface area (Å²) in [5, 5.41) is 0. The van der Waals surface area contributed by atoms with Gasteiger partial charge in [0.1, 0.15) is 5.75 Å². The summed E-state index contributed by atoms with van der Waals surface area (Å²) in [6, 6.07) is 7.58. The quantitative estimate of drug-likeness (QED) is 0.779. The van der Waals surface area contributed by atoms with Gasteiger partial charge in [0.15, 0.2) is 0 Å². The number of nitrogen functional groups attached to an aromatic ring is 1. The van der Waals surface area contributed by atoms with Crippen LogP contribution in [0.1, 0.15) is 40.5 Å². The number of hydrogen-bond acceptors (Lipinski definition) is 2. The van der Waals surface area contributed by atoms with Crippen LogP contribution in [0.25, 0.3) is 0 Å². The van der Waals surface area contributed by atoms with Crippen molar-refractivity contribution in [2.24, 2.45) is 11.3 Å². The molecule has 0 amide bonds. The lowest BCUT2D eigenvalue weighted by molar-refractivity contribution is 0.240. The van der Waals surface area contributed by atoms with E-state index in [1.165, 1.54) is 6.42 Å². The Balaban J connectivity index is 2.26. The summed E-state index contributed by atoms with van der Waals surface area (Å²) in [6.45, 7) is 9.91. The van der Waals surface area contributed by atoms with Crippen molar-refractivity contribution in [3.8, 4) is 5.75 Å². The summed E-state index contributed by atoms with van der Waals surface area (Å²) in [5.41, 5.74) is 6.80. The Labute approximate surface area is 105 Å². The van der Waals surface area contributed by atoms with Crippen LogP contribution < -0.4 is 10.5 Å². The SMILES string of the molecule is CC(CCOc1ccc(N)cc1)CC(C)(C)C. The van der Waals surface area contributed by atoms with Gasteiger partial charge in [-0.1, -0.05) is 27.7 Å². The molecule has 0 radical (unpaired) electrons. The molecule has 1 aromatic rings. The minimum absolute atomic E-state index is 0.403. The molecule has 1 aromatic carbocycles. The molecule has 0 bridgehead atoms. The van der Waals surface area contributed by atoms with Gasteiger partial charge in [-0.3, -0.25) is 0 Å². The predicted molar refractivity (Wildman–Crippen MR) is 74.2 cm³/mol. The van der Waals surface area contributed by atoms with Gasteiger partial charge in [0.2, 0.25) is 0 Å². The monoisotopic (exact) mass is 235 g/mol. The van der Waals surface area contributed by atoms with Crippen LogP contribution >= 0.6 is 0 Å². The highest BCUT2D eigenvalue weighted by atomic mass is 16.5. The van der Waals surface area contributed by atoms with E-state index in [0.29, 0.717) is 11.3 Å². The van der Waals surface area contributed by atoms with E-state index in [1.54, 1.807) is 0 Å². The fourth-order valence-corrected chi connectivity index (χ4v) is 2.09. The van der Waals surface area contributed by atoms with Crippen LogP contribution in [0.2, 0.25) is 0 Å². The van der Waals surface area contributed by atoms with Gasteiger partial charge in [-0.25, -0.2) is 0 Å². The molecule has 0 saturated carbocycles. The van der Waals surface area contributed by atoms with Gasteiger partial charge < -0.3 is 10.5 Å². The fourth-order valence-electron chi connectivity index (χ4n) is 2.09. The van der Waals surface area contributed by atoms with Crippen molar-refractivity contribution < 1.29 is 4.74 Å². The first kappa shape index (κ1) is 13.9. The van der Waals surface area contributed by atoms with E-state index in [2.05, 4.69) is 27.7 Å². The molecule has 0 aromatic heterocycles. The number of hydrogen-bond donors (Lipinski definition) is 1. The van der Waals surface area contributed by atoms with Crippen LogP contribution in [0.4, 0.5) is 5.69 Å². The van der Waals surface area contributed by atoms with Crippen LogP contribution in [-0.2, 0) is 0 Å². The van der Waals surface area contributed by atoms with E-state index in [9.17, 15) is 0 Å². The smallest absolute Gasteiger partial charge is 0.119 e. The molecule has 96 valence electrons. The summed E-state index contributed by atoms with van der Waals surface area (Å²) in [7, 11) is 0. The zero-order valence-corrected chi connectivity index (χ0v) is 11.5. The lowest BCUT2D eigenvalue weighted by atomic mass is 9.84. The Morgan fingerprint density at radius 3 is 2.29 bits per heavy atom. The zero-order valence-electron chi connectivity index (χ0n) is 11.5. The van der Waals surface area contributed by atoms with Crippen molar-refractivity contribution in [2.75, 3.05) is 12.3 Å². The highest BCUT2D eigenvalue weighted by molar-refractivity contribution is 5.41. The molecule has 1 unspecified atom stereocenters. The molecular formula is C15H25NO. The van der Waals surface area contributed by atoms with Crippen molar-refractivity contribution in [1.82, 2.24) is 0 Å². The molecule has 2 N–H and O–H groups in total. The first-order chi connectivity index (χ1) is 7.87. The summed E-state index contributed by atoms with van der Waals surface area (Å²) in [5.74, 6) is 1.60. The molecule has 0 aliphatic rings. The van der Waals surface area contributed by atoms with E-state index < -0.39 is 0 Å². The second-order valence-corrected chi connectivity index (χ2v) is 6.08. The zero-order chi connectivity index (χ0) is 12.9. The van der Waals surface area contributed by atoms with E-state index in [4.69, 9.17) is 10.5 Å². The number of ether oxygens (including phenoxy) is 1. The number of rotatable bonds is 5. The fraction of sp³-hybridized carbons (Fsp3) is 0.600. The Morgan fingerprint density at radius 2 is 1.76 bits per heavy atom. The molecule has 2 heteroatoms. The number of benzene rings is 1. The lowest BCUT2D eigenvalue weighted by Crippen LogP contribution is -2.13. The van der Waals surface area contributed by atoms with Gasteiger partial charge >= 0.3 is 0 Å². The maximum atomic E-state index is 5.69. The third kappa shape index (κ3) is 6.20. The van der Waals surface area contributed by atoms with Crippen molar-refractivity contribution in [2.45, 2.75) is 40.5 Å². The standard InChI is InChI=1S/C15H25NO/c1-12(11-15(2,3)4)9-10-17-14-7-5-13(16)6-8-14/h5-8,12H,9-11,16H2,1-4H3. The molecule has 0 spiro atoms. The summed E-state index contributed by atoms with van der Waals surface area (Å²) in [4.78, 5) is 0. The Bertz CT molecular complexity index is 324. The topological polar surface area (TPSA) is 35.2 Å². The average molecular weight is 235 g/mol. The number of anilines is 1. The van der Waals surface area contributed by atoms with Crippen molar-refractivity contribution in [3.05, 3.63) is 24.3 Å². The first-order valence-corrected chi connectivity index (χ1v) is 6.35. The van der Waals surface area contributed by atoms with Crippen LogP contribution in [0.5, 0.6) is 5.75 Å². The average Bonchev–Trinajstić information content (AvgIpc) is 2.18. The van der Waals surface area contributed by atoms with Gasteiger partial charge in [-0.05, 0) is 48.4 Å². The normalized spacial score (nSPS) is 13.4. The highest BCUT2D eigenvalue weighted by Crippen LogP contribution is 2.26. The summed E-state index contributed by atoms with van der Waals surface area (Å²) >= 11 is 0. The third-order valence-corrected chi connectivity index (χ3v) is 2.72. The van der Waals surface area contributed by atoms with Gasteiger partial charge in [0.05, 0.1) is 6.61 Å². The third-order valence-electron chi connectivity index (χ3n) is 2.72. The second kappa shape index (κ2) is 5.95. The van der Waals surface area contributed by atoms with E-state index >= 15 is 0 Å². The molecule has 1 rings (SSSR count). The minimum Gasteiger partial charge on any atom is -0.494 e. The molecule has 0 fully saturated rings. The van der Waals surface area contributed by atoms with E-state index in [-0.39, 0.29) is 0 Å². The second-order valence-electron chi connectivity index (χ2n) is 6.08. The van der Waals surface area contributed by atoms with Crippen LogP contribution in [0.3, 0.4) is 0 Å². The van der Waals surface area contributed by atoms with Crippen LogP contribution in [-0.4, -0.2) is 6.61 Å². The Morgan fingerprint density at radius 1 is 1.18 bits per heavy atom. The first-order valence-electron chi connectivity index (χ1n) is 6.35. The maximum absolute atomic E-state index is 5.69. The van der Waals surface area contributed by atoms with Crippen LogP contribution in [0.15, 0.2) is 24.3 Å². The Kier molecular flexibility index (Phi) is 4.86. The van der Waals surface area contributed by atoms with Gasteiger partial charge in [0.25, 0.3) is 0 Å². The Hall–Kier alpha value is -1.18. The minimum atomic E-state index is 0.403. The molecule has 0 aliphatic heterocycles. The summed E-state index contributed by atoms with van der Waals surface area (Å²) in [6.07, 6.45) is 2.33. The largest absolute Gasteiger partial charge is 0.494 e.